The second-order valence-corrected chi connectivity index (χ2v) is 6.97. The van der Waals surface area contributed by atoms with Gasteiger partial charge in [-0.15, -0.1) is 0 Å². The minimum atomic E-state index is -3.80. The van der Waals surface area contributed by atoms with E-state index in [9.17, 15) is 13.7 Å². The predicted molar refractivity (Wildman–Crippen MR) is 90.7 cm³/mol. The molecule has 3 aromatic rings. The van der Waals surface area contributed by atoms with Crippen LogP contribution in [-0.2, 0) is 16.6 Å². The maximum Gasteiger partial charge on any atom is 0.263 e. The second kappa shape index (κ2) is 5.96. The average molecular weight is 341 g/mol. The van der Waals surface area contributed by atoms with Gasteiger partial charge in [-0.3, -0.25) is 9.71 Å². The van der Waals surface area contributed by atoms with Crippen LogP contribution in [0.4, 0.5) is 5.69 Å². The number of hydrogen-bond donors (Lipinski definition) is 3. The molecule has 0 saturated carbocycles. The summed E-state index contributed by atoms with van der Waals surface area (Å²) in [5.41, 5.74) is 8.38. The van der Waals surface area contributed by atoms with Crippen molar-refractivity contribution in [1.82, 2.24) is 9.97 Å². The van der Waals surface area contributed by atoms with Crippen LogP contribution in [0.1, 0.15) is 16.8 Å². The molecule has 0 aliphatic heterocycles. The zero-order chi connectivity index (χ0) is 17.3. The van der Waals surface area contributed by atoms with Gasteiger partial charge in [0.05, 0.1) is 22.5 Å². The third kappa shape index (κ3) is 2.71. The molecule has 0 fully saturated rings. The quantitative estimate of drug-likeness (QED) is 0.669. The highest BCUT2D eigenvalue weighted by molar-refractivity contribution is 7.92. The first-order valence-corrected chi connectivity index (χ1v) is 8.63. The Labute approximate surface area is 139 Å². The summed E-state index contributed by atoms with van der Waals surface area (Å²) in [6, 6.07) is 8.55. The zero-order valence-corrected chi connectivity index (χ0v) is 13.7. The Kier molecular flexibility index (Phi) is 3.97. The van der Waals surface area contributed by atoms with Crippen LogP contribution in [0.3, 0.4) is 0 Å². The highest BCUT2D eigenvalue weighted by atomic mass is 32.2. The second-order valence-electron chi connectivity index (χ2n) is 5.29. The Morgan fingerprint density at radius 1 is 1.33 bits per heavy atom. The van der Waals surface area contributed by atoms with Gasteiger partial charge >= 0.3 is 0 Å². The fourth-order valence-corrected chi connectivity index (χ4v) is 3.50. The van der Waals surface area contributed by atoms with Gasteiger partial charge in [-0.05, 0) is 30.7 Å². The third-order valence-corrected chi connectivity index (χ3v) is 5.08. The SMILES string of the molecule is Cc1ccc(NS(=O)(=O)c2ccc(CN)nc2)c2[nH]cc(C#N)c12. The first-order chi connectivity index (χ1) is 11.5. The molecule has 122 valence electrons. The van der Waals surface area contributed by atoms with Gasteiger partial charge in [0.15, 0.2) is 0 Å². The first-order valence-electron chi connectivity index (χ1n) is 7.15. The Morgan fingerprint density at radius 2 is 2.12 bits per heavy atom. The van der Waals surface area contributed by atoms with E-state index in [2.05, 4.69) is 20.8 Å². The summed E-state index contributed by atoms with van der Waals surface area (Å²) in [6.45, 7) is 2.11. The molecule has 0 bridgehead atoms. The summed E-state index contributed by atoms with van der Waals surface area (Å²) >= 11 is 0. The normalized spacial score (nSPS) is 11.4. The van der Waals surface area contributed by atoms with Crippen LogP contribution in [-0.4, -0.2) is 18.4 Å². The molecule has 0 radical (unpaired) electrons. The van der Waals surface area contributed by atoms with E-state index in [1.54, 1.807) is 24.4 Å². The molecule has 7 nitrogen and oxygen atoms in total. The molecule has 2 heterocycles. The summed E-state index contributed by atoms with van der Waals surface area (Å²) in [5.74, 6) is 0. The number of benzene rings is 1. The van der Waals surface area contributed by atoms with Crippen molar-refractivity contribution in [3.63, 3.8) is 0 Å². The van der Waals surface area contributed by atoms with Gasteiger partial charge in [0.25, 0.3) is 10.0 Å². The number of nitrogens with zero attached hydrogens (tertiary/aromatic N) is 2. The van der Waals surface area contributed by atoms with Gasteiger partial charge in [0.1, 0.15) is 11.0 Å². The summed E-state index contributed by atoms with van der Waals surface area (Å²) in [7, 11) is -3.80. The molecule has 24 heavy (non-hydrogen) atoms. The van der Waals surface area contributed by atoms with E-state index in [1.165, 1.54) is 12.3 Å². The zero-order valence-electron chi connectivity index (χ0n) is 12.9. The molecule has 3 rings (SSSR count). The number of pyridine rings is 1. The summed E-state index contributed by atoms with van der Waals surface area (Å²) in [4.78, 5) is 7.01. The third-order valence-electron chi connectivity index (χ3n) is 3.73. The number of aromatic nitrogens is 2. The van der Waals surface area contributed by atoms with Crippen LogP contribution in [0.25, 0.3) is 10.9 Å². The lowest BCUT2D eigenvalue weighted by Gasteiger charge is -2.10. The number of H-pyrrole nitrogens is 1. The lowest BCUT2D eigenvalue weighted by molar-refractivity contribution is 0.600. The maximum atomic E-state index is 12.5. The molecule has 1 aromatic carbocycles. The lowest BCUT2D eigenvalue weighted by Crippen LogP contribution is -2.14. The van der Waals surface area contributed by atoms with Crippen LogP contribution in [0, 0.1) is 18.3 Å². The Balaban J connectivity index is 2.04. The van der Waals surface area contributed by atoms with Crippen molar-refractivity contribution in [3.05, 3.63) is 53.5 Å². The monoisotopic (exact) mass is 341 g/mol. The van der Waals surface area contributed by atoms with Gasteiger partial charge < -0.3 is 10.7 Å². The van der Waals surface area contributed by atoms with E-state index in [-0.39, 0.29) is 11.4 Å². The van der Waals surface area contributed by atoms with Crippen molar-refractivity contribution < 1.29 is 8.42 Å². The van der Waals surface area contributed by atoms with Gasteiger partial charge in [-0.25, -0.2) is 8.42 Å². The topological polar surface area (TPSA) is 125 Å². The van der Waals surface area contributed by atoms with Crippen LogP contribution in [0.15, 0.2) is 41.6 Å². The fourth-order valence-electron chi connectivity index (χ4n) is 2.49. The molecule has 0 amide bonds. The molecule has 4 N–H and O–H groups in total. The van der Waals surface area contributed by atoms with E-state index in [1.807, 2.05) is 6.92 Å². The number of rotatable bonds is 4. The van der Waals surface area contributed by atoms with Crippen molar-refractivity contribution in [2.45, 2.75) is 18.4 Å². The number of nitrogens with two attached hydrogens (primary N) is 1. The smallest absolute Gasteiger partial charge is 0.263 e. The van der Waals surface area contributed by atoms with Crippen molar-refractivity contribution in [1.29, 1.82) is 5.26 Å². The maximum absolute atomic E-state index is 12.5. The average Bonchev–Trinajstić information content (AvgIpc) is 3.02. The van der Waals surface area contributed by atoms with Crippen LogP contribution in [0.2, 0.25) is 0 Å². The van der Waals surface area contributed by atoms with E-state index in [4.69, 9.17) is 5.73 Å². The molecular weight excluding hydrogens is 326 g/mol. The van der Waals surface area contributed by atoms with E-state index >= 15 is 0 Å². The number of aromatic amines is 1. The van der Waals surface area contributed by atoms with E-state index in [0.717, 1.165) is 5.56 Å². The van der Waals surface area contributed by atoms with Crippen molar-refractivity contribution in [3.8, 4) is 6.07 Å². The minimum Gasteiger partial charge on any atom is -0.358 e. The number of fused-ring (bicyclic) bond motifs is 1. The lowest BCUT2D eigenvalue weighted by atomic mass is 10.1. The van der Waals surface area contributed by atoms with Crippen LogP contribution < -0.4 is 10.5 Å². The summed E-state index contributed by atoms with van der Waals surface area (Å²) in [5, 5.41) is 9.88. The molecule has 0 aliphatic rings. The molecule has 0 aliphatic carbocycles. The summed E-state index contributed by atoms with van der Waals surface area (Å²) in [6.07, 6.45) is 2.83. The van der Waals surface area contributed by atoms with Crippen LogP contribution >= 0.6 is 0 Å². The molecular formula is C16H15N5O2S. The van der Waals surface area contributed by atoms with E-state index < -0.39 is 10.0 Å². The van der Waals surface area contributed by atoms with Crippen molar-refractivity contribution in [2.24, 2.45) is 5.73 Å². The van der Waals surface area contributed by atoms with Gasteiger partial charge in [0, 0.05) is 24.3 Å². The van der Waals surface area contributed by atoms with Crippen LogP contribution in [0.5, 0.6) is 0 Å². The van der Waals surface area contributed by atoms with Crippen molar-refractivity contribution >= 4 is 26.6 Å². The molecule has 2 aromatic heterocycles. The summed E-state index contributed by atoms with van der Waals surface area (Å²) < 4.78 is 27.6. The van der Waals surface area contributed by atoms with E-state index in [0.29, 0.717) is 27.8 Å². The standard InChI is InChI=1S/C16H15N5O2S/c1-10-2-5-14(16-15(10)11(6-17)8-20-16)21-24(22,23)13-4-3-12(7-18)19-9-13/h2-5,8-9,20-21H,7,18H2,1H3. The largest absolute Gasteiger partial charge is 0.358 e. The number of aryl methyl sites for hydroxylation is 1. The number of anilines is 1. The number of hydrogen-bond acceptors (Lipinski definition) is 5. The predicted octanol–water partition coefficient (Wildman–Crippen LogP) is 2.00. The fraction of sp³-hybridized carbons (Fsp3) is 0.125. The number of sulfonamides is 1. The number of nitriles is 1. The number of nitrogens with one attached hydrogen (secondary N) is 2. The highest BCUT2D eigenvalue weighted by Crippen LogP contribution is 2.29. The van der Waals surface area contributed by atoms with Gasteiger partial charge in [-0.1, -0.05) is 6.07 Å². The Hall–Kier alpha value is -2.89. The molecule has 0 atom stereocenters. The first kappa shape index (κ1) is 16.0. The van der Waals surface area contributed by atoms with Crippen molar-refractivity contribution in [2.75, 3.05) is 4.72 Å². The molecule has 0 unspecified atom stereocenters. The Bertz CT molecular complexity index is 1050. The molecule has 0 saturated heterocycles. The van der Waals surface area contributed by atoms with Gasteiger partial charge in [-0.2, -0.15) is 5.26 Å². The molecule has 8 heteroatoms. The minimum absolute atomic E-state index is 0.0421. The molecule has 0 spiro atoms. The Morgan fingerprint density at radius 3 is 2.75 bits per heavy atom. The van der Waals surface area contributed by atoms with Gasteiger partial charge in [0.2, 0.25) is 0 Å². The highest BCUT2D eigenvalue weighted by Gasteiger charge is 2.18.